The minimum absolute atomic E-state index is 0.126. The molecule has 0 unspecified atom stereocenters. The van der Waals surface area contributed by atoms with Crippen molar-refractivity contribution >= 4 is 17.2 Å². The van der Waals surface area contributed by atoms with Gasteiger partial charge >= 0.3 is 0 Å². The van der Waals surface area contributed by atoms with Gasteiger partial charge in [0.25, 0.3) is 0 Å². The van der Waals surface area contributed by atoms with Crippen molar-refractivity contribution in [2.45, 2.75) is 47.0 Å². The lowest BCUT2D eigenvalue weighted by Gasteiger charge is -2.11. The van der Waals surface area contributed by atoms with E-state index in [9.17, 15) is 4.79 Å². The first-order valence-electron chi connectivity index (χ1n) is 7.80. The van der Waals surface area contributed by atoms with Gasteiger partial charge in [0.15, 0.2) is 0 Å². The van der Waals surface area contributed by atoms with E-state index in [1.54, 1.807) is 11.3 Å². The molecule has 2 rings (SSSR count). The minimum Gasteiger partial charge on any atom is -0.355 e. The summed E-state index contributed by atoms with van der Waals surface area (Å²) in [6, 6.07) is 2.04. The Kier molecular flexibility index (Phi) is 5.71. The van der Waals surface area contributed by atoms with Crippen LogP contribution in [0.2, 0.25) is 0 Å². The molecule has 2 aromatic heterocycles. The summed E-state index contributed by atoms with van der Waals surface area (Å²) in [5.41, 5.74) is 3.07. The standard InChI is InChI=1S/C16H24N4OS/c1-5-13(6-2)15(21)17-8-7-14-10-22-16(18-14)20-12(4)9-11(3)19-20/h9-10,13H,5-8H2,1-4H3,(H,17,21). The third-order valence-corrected chi connectivity index (χ3v) is 4.63. The van der Waals surface area contributed by atoms with Gasteiger partial charge in [-0.15, -0.1) is 11.3 Å². The Balaban J connectivity index is 1.90. The van der Waals surface area contributed by atoms with Crippen molar-refractivity contribution in [1.82, 2.24) is 20.1 Å². The van der Waals surface area contributed by atoms with Crippen LogP contribution in [0, 0.1) is 19.8 Å². The third kappa shape index (κ3) is 3.94. The predicted octanol–water partition coefficient (Wildman–Crippen LogP) is 3.04. The fraction of sp³-hybridized carbons (Fsp3) is 0.562. The number of carbonyl (C=O) groups is 1. The Labute approximate surface area is 135 Å². The number of carbonyl (C=O) groups excluding carboxylic acids is 1. The quantitative estimate of drug-likeness (QED) is 0.853. The maximum Gasteiger partial charge on any atom is 0.223 e. The van der Waals surface area contributed by atoms with Gasteiger partial charge in [-0.05, 0) is 32.8 Å². The summed E-state index contributed by atoms with van der Waals surface area (Å²) in [6.07, 6.45) is 2.53. The van der Waals surface area contributed by atoms with Crippen LogP contribution in [-0.2, 0) is 11.2 Å². The maximum absolute atomic E-state index is 11.9. The molecule has 0 aromatic carbocycles. The van der Waals surface area contributed by atoms with Crippen molar-refractivity contribution in [3.05, 3.63) is 28.5 Å². The molecule has 6 heteroatoms. The number of aryl methyl sites for hydroxylation is 2. The number of nitrogens with one attached hydrogen (secondary N) is 1. The van der Waals surface area contributed by atoms with E-state index in [4.69, 9.17) is 0 Å². The van der Waals surface area contributed by atoms with Crippen LogP contribution in [0.25, 0.3) is 5.13 Å². The average Bonchev–Trinajstić information content (AvgIpc) is 3.06. The summed E-state index contributed by atoms with van der Waals surface area (Å²) in [5.74, 6) is 0.277. The highest BCUT2D eigenvalue weighted by molar-refractivity contribution is 7.12. The molecule has 0 fully saturated rings. The predicted molar refractivity (Wildman–Crippen MR) is 89.5 cm³/mol. The number of nitrogens with zero attached hydrogens (tertiary/aromatic N) is 3. The molecule has 0 aliphatic rings. The van der Waals surface area contributed by atoms with Crippen LogP contribution in [0.3, 0.4) is 0 Å². The van der Waals surface area contributed by atoms with Crippen molar-refractivity contribution in [2.75, 3.05) is 6.54 Å². The molecule has 1 amide bonds. The van der Waals surface area contributed by atoms with Crippen molar-refractivity contribution in [3.63, 3.8) is 0 Å². The van der Waals surface area contributed by atoms with Crippen LogP contribution < -0.4 is 5.32 Å². The summed E-state index contributed by atoms with van der Waals surface area (Å²) in [7, 11) is 0. The third-order valence-electron chi connectivity index (χ3n) is 3.77. The number of amides is 1. The number of thiazole rings is 1. The summed E-state index contributed by atoms with van der Waals surface area (Å²) >= 11 is 1.58. The van der Waals surface area contributed by atoms with Gasteiger partial charge in [0.1, 0.15) is 0 Å². The molecular formula is C16H24N4OS. The van der Waals surface area contributed by atoms with E-state index in [2.05, 4.69) is 29.2 Å². The van der Waals surface area contributed by atoms with Crippen LogP contribution in [-0.4, -0.2) is 27.2 Å². The maximum atomic E-state index is 11.9. The highest BCUT2D eigenvalue weighted by Crippen LogP contribution is 2.17. The van der Waals surface area contributed by atoms with Crippen molar-refractivity contribution in [1.29, 1.82) is 0 Å². The largest absolute Gasteiger partial charge is 0.355 e. The van der Waals surface area contributed by atoms with Gasteiger partial charge in [0, 0.05) is 30.0 Å². The Morgan fingerprint density at radius 3 is 2.68 bits per heavy atom. The Bertz CT molecular complexity index is 628. The van der Waals surface area contributed by atoms with Gasteiger partial charge in [-0.25, -0.2) is 9.67 Å². The lowest BCUT2D eigenvalue weighted by Crippen LogP contribution is -2.31. The van der Waals surface area contributed by atoms with Crippen LogP contribution in [0.5, 0.6) is 0 Å². The molecule has 0 atom stereocenters. The topological polar surface area (TPSA) is 59.8 Å². The average molecular weight is 320 g/mol. The second-order valence-electron chi connectivity index (χ2n) is 5.51. The highest BCUT2D eigenvalue weighted by atomic mass is 32.1. The Morgan fingerprint density at radius 2 is 2.09 bits per heavy atom. The molecule has 22 heavy (non-hydrogen) atoms. The van der Waals surface area contributed by atoms with E-state index in [1.165, 1.54) is 0 Å². The van der Waals surface area contributed by atoms with Crippen molar-refractivity contribution in [2.24, 2.45) is 5.92 Å². The molecule has 0 saturated heterocycles. The Hall–Kier alpha value is -1.69. The zero-order chi connectivity index (χ0) is 16.1. The minimum atomic E-state index is 0.126. The lowest BCUT2D eigenvalue weighted by molar-refractivity contribution is -0.125. The van der Waals surface area contributed by atoms with Crippen LogP contribution in [0.4, 0.5) is 0 Å². The molecule has 5 nitrogen and oxygen atoms in total. The first-order chi connectivity index (χ1) is 10.5. The molecule has 1 N–H and O–H groups in total. The van der Waals surface area contributed by atoms with E-state index in [-0.39, 0.29) is 11.8 Å². The van der Waals surface area contributed by atoms with E-state index < -0.39 is 0 Å². The summed E-state index contributed by atoms with van der Waals surface area (Å²) < 4.78 is 1.87. The lowest BCUT2D eigenvalue weighted by atomic mass is 10.0. The normalized spacial score (nSPS) is 11.1. The molecule has 0 radical (unpaired) electrons. The van der Waals surface area contributed by atoms with Crippen molar-refractivity contribution < 1.29 is 4.79 Å². The number of hydrogen-bond acceptors (Lipinski definition) is 4. The van der Waals surface area contributed by atoms with E-state index in [0.29, 0.717) is 6.54 Å². The first kappa shape index (κ1) is 16.7. The zero-order valence-electron chi connectivity index (χ0n) is 13.7. The van der Waals surface area contributed by atoms with Gasteiger partial charge in [0.2, 0.25) is 11.0 Å². The second-order valence-corrected chi connectivity index (χ2v) is 6.35. The summed E-state index contributed by atoms with van der Waals surface area (Å²) in [4.78, 5) is 16.5. The fourth-order valence-corrected chi connectivity index (χ4v) is 3.32. The molecule has 0 aliphatic carbocycles. The van der Waals surface area contributed by atoms with E-state index in [0.717, 1.165) is 41.5 Å². The monoisotopic (exact) mass is 320 g/mol. The molecule has 0 bridgehead atoms. The molecule has 2 heterocycles. The fourth-order valence-electron chi connectivity index (χ4n) is 2.45. The SMILES string of the molecule is CCC(CC)C(=O)NCCc1csc(-n2nc(C)cc2C)n1. The van der Waals surface area contributed by atoms with E-state index in [1.807, 2.05) is 30.0 Å². The molecule has 120 valence electrons. The van der Waals surface area contributed by atoms with E-state index >= 15 is 0 Å². The number of hydrogen-bond donors (Lipinski definition) is 1. The van der Waals surface area contributed by atoms with Gasteiger partial charge < -0.3 is 5.32 Å². The number of rotatable bonds is 7. The highest BCUT2D eigenvalue weighted by Gasteiger charge is 2.13. The number of aromatic nitrogens is 3. The molecular weight excluding hydrogens is 296 g/mol. The molecule has 2 aromatic rings. The molecule has 0 spiro atoms. The molecule has 0 aliphatic heterocycles. The Morgan fingerprint density at radius 1 is 1.36 bits per heavy atom. The van der Waals surface area contributed by atoms with Crippen LogP contribution >= 0.6 is 11.3 Å². The van der Waals surface area contributed by atoms with Gasteiger partial charge in [-0.2, -0.15) is 5.10 Å². The second kappa shape index (κ2) is 7.54. The van der Waals surface area contributed by atoms with Gasteiger partial charge in [-0.1, -0.05) is 13.8 Å². The van der Waals surface area contributed by atoms with Crippen LogP contribution in [0.1, 0.15) is 43.8 Å². The summed E-state index contributed by atoms with van der Waals surface area (Å²) in [5, 5.41) is 10.4. The van der Waals surface area contributed by atoms with Gasteiger partial charge in [-0.3, -0.25) is 4.79 Å². The van der Waals surface area contributed by atoms with Crippen molar-refractivity contribution in [3.8, 4) is 5.13 Å². The smallest absolute Gasteiger partial charge is 0.223 e. The zero-order valence-corrected chi connectivity index (χ0v) is 14.5. The first-order valence-corrected chi connectivity index (χ1v) is 8.68. The van der Waals surface area contributed by atoms with Crippen LogP contribution in [0.15, 0.2) is 11.4 Å². The molecule has 0 saturated carbocycles. The summed E-state index contributed by atoms with van der Waals surface area (Å²) in [6.45, 7) is 8.74. The van der Waals surface area contributed by atoms with Gasteiger partial charge in [0.05, 0.1) is 11.4 Å².